The molecule has 0 spiro atoms. The minimum Gasteiger partial charge on any atom is -0.325 e. The largest absolute Gasteiger partial charge is 0.325 e. The fourth-order valence-corrected chi connectivity index (χ4v) is 4.60. The summed E-state index contributed by atoms with van der Waals surface area (Å²) in [6, 6.07) is 8.31. The molecule has 0 aliphatic rings. The number of hydrogen-bond donors (Lipinski definition) is 1. The Kier molecular flexibility index (Phi) is 6.57. The first-order chi connectivity index (χ1) is 13.4. The second-order valence-corrected chi connectivity index (χ2v) is 8.95. The zero-order valence-corrected chi connectivity index (χ0v) is 18.6. The van der Waals surface area contributed by atoms with Crippen LogP contribution >= 0.6 is 23.1 Å². The molecule has 0 atom stereocenters. The van der Waals surface area contributed by atoms with Crippen LogP contribution in [0.4, 0.5) is 5.69 Å². The lowest BCUT2D eigenvalue weighted by Gasteiger charge is -2.13. The molecule has 0 aliphatic heterocycles. The van der Waals surface area contributed by atoms with Gasteiger partial charge < -0.3 is 5.32 Å². The lowest BCUT2D eigenvalue weighted by atomic mass is 10.1. The summed E-state index contributed by atoms with van der Waals surface area (Å²) in [5, 5.41) is 14.7. The summed E-state index contributed by atoms with van der Waals surface area (Å²) in [6.45, 7) is 10.4. The lowest BCUT2D eigenvalue weighted by Crippen LogP contribution is -2.16. The summed E-state index contributed by atoms with van der Waals surface area (Å²) in [5.41, 5.74) is 4.21. The van der Waals surface area contributed by atoms with E-state index in [1.165, 1.54) is 16.6 Å². The number of carbonyl (C=O) groups is 1. The molecule has 1 aromatic carbocycles. The average molecular weight is 415 g/mol. The van der Waals surface area contributed by atoms with E-state index in [2.05, 4.69) is 52.3 Å². The van der Waals surface area contributed by atoms with Gasteiger partial charge >= 0.3 is 0 Å². The van der Waals surface area contributed by atoms with Crippen LogP contribution in [-0.2, 0) is 11.2 Å². The Bertz CT molecular complexity index is 975. The van der Waals surface area contributed by atoms with Crippen LogP contribution in [0.5, 0.6) is 0 Å². The molecule has 148 valence electrons. The van der Waals surface area contributed by atoms with Crippen LogP contribution in [0.15, 0.2) is 34.8 Å². The molecular formula is C21H26N4OS2. The van der Waals surface area contributed by atoms with Crippen LogP contribution in [0.2, 0.25) is 0 Å². The summed E-state index contributed by atoms with van der Waals surface area (Å²) in [7, 11) is 0. The highest BCUT2D eigenvalue weighted by Crippen LogP contribution is 2.30. The van der Waals surface area contributed by atoms with Gasteiger partial charge in [0, 0.05) is 27.5 Å². The van der Waals surface area contributed by atoms with Crippen molar-refractivity contribution in [3.05, 3.63) is 45.6 Å². The van der Waals surface area contributed by atoms with Crippen LogP contribution in [0.25, 0.3) is 11.4 Å². The van der Waals surface area contributed by atoms with Gasteiger partial charge in [-0.15, -0.1) is 21.5 Å². The highest BCUT2D eigenvalue weighted by Gasteiger charge is 2.19. The average Bonchev–Trinajstić information content (AvgIpc) is 3.30. The highest BCUT2D eigenvalue weighted by atomic mass is 32.2. The van der Waals surface area contributed by atoms with Crippen LogP contribution in [0, 0.1) is 13.8 Å². The van der Waals surface area contributed by atoms with E-state index in [4.69, 9.17) is 0 Å². The number of nitrogens with one attached hydrogen (secondary N) is 1. The van der Waals surface area contributed by atoms with E-state index in [1.807, 2.05) is 32.0 Å². The van der Waals surface area contributed by atoms with Crippen molar-refractivity contribution in [2.45, 2.75) is 52.2 Å². The third-order valence-electron chi connectivity index (χ3n) is 4.65. The van der Waals surface area contributed by atoms with Crippen LogP contribution < -0.4 is 5.32 Å². The van der Waals surface area contributed by atoms with E-state index in [0.29, 0.717) is 5.75 Å². The fraction of sp³-hybridized carbons (Fsp3) is 0.381. The number of aromatic nitrogens is 3. The quantitative estimate of drug-likeness (QED) is 0.519. The van der Waals surface area contributed by atoms with Gasteiger partial charge in [-0.1, -0.05) is 30.8 Å². The zero-order chi connectivity index (χ0) is 20.3. The molecule has 1 amide bonds. The van der Waals surface area contributed by atoms with Crippen molar-refractivity contribution in [3.63, 3.8) is 0 Å². The molecule has 0 bridgehead atoms. The molecule has 0 fully saturated rings. The van der Waals surface area contributed by atoms with Gasteiger partial charge in [0.05, 0.1) is 5.75 Å². The summed E-state index contributed by atoms with van der Waals surface area (Å²) in [4.78, 5) is 13.8. The Hall–Kier alpha value is -2.12. The maximum atomic E-state index is 12.5. The second-order valence-electron chi connectivity index (χ2n) is 7.01. The van der Waals surface area contributed by atoms with E-state index >= 15 is 0 Å². The standard InChI is InChI=1S/C21H26N4OS2/c1-6-17-10-16(11-27-17)20-23-24-21(25(20)13(2)3)28-12-19(26)22-18-9-7-8-14(4)15(18)5/h7-11,13H,6,12H2,1-5H3,(H,22,26). The van der Waals surface area contributed by atoms with Crippen LogP contribution in [0.3, 0.4) is 0 Å². The highest BCUT2D eigenvalue weighted by molar-refractivity contribution is 7.99. The molecule has 5 nitrogen and oxygen atoms in total. The van der Waals surface area contributed by atoms with E-state index in [9.17, 15) is 4.79 Å². The molecule has 1 N–H and O–H groups in total. The maximum Gasteiger partial charge on any atom is 0.234 e. The molecule has 0 saturated heterocycles. The predicted molar refractivity (Wildman–Crippen MR) is 118 cm³/mol. The van der Waals surface area contributed by atoms with Gasteiger partial charge in [-0.05, 0) is 57.4 Å². The molecule has 2 aromatic heterocycles. The monoisotopic (exact) mass is 414 g/mol. The smallest absolute Gasteiger partial charge is 0.234 e. The third kappa shape index (κ3) is 4.47. The fourth-order valence-electron chi connectivity index (χ4n) is 2.92. The van der Waals surface area contributed by atoms with Gasteiger partial charge in [0.2, 0.25) is 5.91 Å². The number of rotatable bonds is 7. The van der Waals surface area contributed by atoms with Crippen molar-refractivity contribution in [2.24, 2.45) is 0 Å². The van der Waals surface area contributed by atoms with Gasteiger partial charge in [-0.3, -0.25) is 9.36 Å². The molecule has 0 saturated carbocycles. The number of thiophene rings is 1. The van der Waals surface area contributed by atoms with Crippen molar-refractivity contribution in [1.29, 1.82) is 0 Å². The normalized spacial score (nSPS) is 11.2. The number of carbonyl (C=O) groups excluding carboxylic acids is 1. The topological polar surface area (TPSA) is 59.8 Å². The van der Waals surface area contributed by atoms with Crippen LogP contribution in [0.1, 0.15) is 42.8 Å². The number of amides is 1. The van der Waals surface area contributed by atoms with Crippen molar-refractivity contribution >= 4 is 34.7 Å². The summed E-state index contributed by atoms with van der Waals surface area (Å²) < 4.78 is 2.11. The number of thioether (sulfide) groups is 1. The molecular weight excluding hydrogens is 388 g/mol. The number of aryl methyl sites for hydroxylation is 2. The Balaban J connectivity index is 1.73. The molecule has 2 heterocycles. The first kappa shape index (κ1) is 20.6. The Morgan fingerprint density at radius 2 is 2.07 bits per heavy atom. The molecule has 0 radical (unpaired) electrons. The third-order valence-corrected chi connectivity index (χ3v) is 6.68. The summed E-state index contributed by atoms with van der Waals surface area (Å²) >= 11 is 3.17. The summed E-state index contributed by atoms with van der Waals surface area (Å²) in [5.74, 6) is 1.12. The molecule has 3 rings (SSSR count). The molecule has 7 heteroatoms. The summed E-state index contributed by atoms with van der Waals surface area (Å²) in [6.07, 6.45) is 1.01. The maximum absolute atomic E-state index is 12.5. The SMILES string of the molecule is CCc1cc(-c2nnc(SCC(=O)Nc3cccc(C)c3C)n2C(C)C)cs1. The molecule has 28 heavy (non-hydrogen) atoms. The Morgan fingerprint density at radius 3 is 2.75 bits per heavy atom. The number of anilines is 1. The van der Waals surface area contributed by atoms with Crippen molar-refractivity contribution in [3.8, 4) is 11.4 Å². The van der Waals surface area contributed by atoms with E-state index in [0.717, 1.165) is 39.8 Å². The van der Waals surface area contributed by atoms with E-state index in [1.54, 1.807) is 11.3 Å². The van der Waals surface area contributed by atoms with E-state index in [-0.39, 0.29) is 11.9 Å². The van der Waals surface area contributed by atoms with Gasteiger partial charge in [-0.25, -0.2) is 0 Å². The second kappa shape index (κ2) is 8.92. The first-order valence-electron chi connectivity index (χ1n) is 9.42. The number of nitrogens with zero attached hydrogens (tertiary/aromatic N) is 3. The Labute approximate surface area is 174 Å². The van der Waals surface area contributed by atoms with Crippen LogP contribution in [-0.4, -0.2) is 26.4 Å². The molecule has 0 aliphatic carbocycles. The minimum absolute atomic E-state index is 0.0395. The lowest BCUT2D eigenvalue weighted by molar-refractivity contribution is -0.113. The van der Waals surface area contributed by atoms with Gasteiger partial charge in [0.25, 0.3) is 0 Å². The zero-order valence-electron chi connectivity index (χ0n) is 16.9. The molecule has 0 unspecified atom stereocenters. The van der Waals surface area contributed by atoms with Gasteiger partial charge in [0.1, 0.15) is 0 Å². The van der Waals surface area contributed by atoms with Crippen molar-refractivity contribution < 1.29 is 4.79 Å². The minimum atomic E-state index is -0.0395. The number of hydrogen-bond acceptors (Lipinski definition) is 5. The first-order valence-corrected chi connectivity index (χ1v) is 11.3. The van der Waals surface area contributed by atoms with Gasteiger partial charge in [0.15, 0.2) is 11.0 Å². The number of benzene rings is 1. The van der Waals surface area contributed by atoms with Crippen molar-refractivity contribution in [1.82, 2.24) is 14.8 Å². The van der Waals surface area contributed by atoms with Crippen molar-refractivity contribution in [2.75, 3.05) is 11.1 Å². The van der Waals surface area contributed by atoms with E-state index < -0.39 is 0 Å². The molecule has 3 aromatic rings. The Morgan fingerprint density at radius 1 is 1.29 bits per heavy atom. The van der Waals surface area contributed by atoms with Gasteiger partial charge in [-0.2, -0.15) is 0 Å². The predicted octanol–water partition coefficient (Wildman–Crippen LogP) is 5.50.